The molecule has 0 saturated heterocycles. The van der Waals surface area contributed by atoms with Gasteiger partial charge in [-0.1, -0.05) is 30.3 Å². The fourth-order valence-electron chi connectivity index (χ4n) is 5.20. The quantitative estimate of drug-likeness (QED) is 0.162. The average Bonchev–Trinajstić information content (AvgIpc) is 3.37. The van der Waals surface area contributed by atoms with Crippen molar-refractivity contribution < 1.29 is 33.8 Å². The fraction of sp³-hybridized carbons (Fsp3) is 0.467. The summed E-state index contributed by atoms with van der Waals surface area (Å²) in [5, 5.41) is 17.4. The molecule has 1 atom stereocenters. The van der Waals surface area contributed by atoms with Gasteiger partial charge < -0.3 is 24.9 Å². The van der Waals surface area contributed by atoms with Crippen LogP contribution in [-0.4, -0.2) is 46.8 Å². The molecule has 0 aliphatic heterocycles. The number of fused-ring (bicyclic) bond motifs is 1. The fourth-order valence-corrected chi connectivity index (χ4v) is 6.13. The topological polar surface area (TPSA) is 159 Å². The highest BCUT2D eigenvalue weighted by Crippen LogP contribution is 2.43. The summed E-state index contributed by atoms with van der Waals surface area (Å²) in [4.78, 5) is 59.3. The third-order valence-electron chi connectivity index (χ3n) is 7.42. The first-order valence-corrected chi connectivity index (χ1v) is 14.9. The maximum Gasteiger partial charge on any atom is 0.407 e. The molecule has 1 fully saturated rings. The van der Waals surface area contributed by atoms with Crippen molar-refractivity contribution in [3.63, 3.8) is 0 Å². The van der Waals surface area contributed by atoms with Crippen LogP contribution in [0.1, 0.15) is 52.0 Å². The molecule has 1 aromatic carbocycles. The summed E-state index contributed by atoms with van der Waals surface area (Å²) in [6, 6.07) is 12.9. The van der Waals surface area contributed by atoms with E-state index in [-0.39, 0.29) is 37.8 Å². The summed E-state index contributed by atoms with van der Waals surface area (Å²) < 4.78 is 11.9. The van der Waals surface area contributed by atoms with Crippen LogP contribution in [0.15, 0.2) is 54.9 Å². The van der Waals surface area contributed by atoms with Crippen LogP contribution in [0.25, 0.3) is 10.1 Å². The largest absolute Gasteiger partial charge is 0.460 e. The highest BCUT2D eigenvalue weighted by molar-refractivity contribution is 7.22. The molecule has 3 aromatic rings. The van der Waals surface area contributed by atoms with Gasteiger partial charge in [-0.25, -0.2) is 4.79 Å². The van der Waals surface area contributed by atoms with E-state index in [1.807, 2.05) is 42.5 Å². The number of hydrogen-bond acceptors (Lipinski definition) is 10. The summed E-state index contributed by atoms with van der Waals surface area (Å²) in [5.74, 6) is -1.77. The number of anilines is 1. The number of alkyl carbamates (subject to hydrolysis) is 1. The third kappa shape index (κ3) is 8.87. The first-order valence-electron chi connectivity index (χ1n) is 14.0. The van der Waals surface area contributed by atoms with Crippen molar-refractivity contribution in [3.8, 4) is 0 Å². The maximum absolute atomic E-state index is 13.6. The molecule has 0 spiro atoms. The Bertz CT molecular complexity index is 1400. The molecule has 1 aliphatic carbocycles. The van der Waals surface area contributed by atoms with E-state index < -0.39 is 40.7 Å². The van der Waals surface area contributed by atoms with Crippen molar-refractivity contribution in [2.45, 2.75) is 58.7 Å². The first kappa shape index (κ1) is 31.7. The molecular weight excluding hydrogens is 576 g/mol. The number of esters is 1. The third-order valence-corrected chi connectivity index (χ3v) is 8.42. The minimum Gasteiger partial charge on any atom is -0.460 e. The van der Waals surface area contributed by atoms with E-state index in [4.69, 9.17) is 14.3 Å². The lowest BCUT2D eigenvalue weighted by Crippen LogP contribution is -2.46. The molecule has 0 radical (unpaired) electrons. The van der Waals surface area contributed by atoms with E-state index in [0.717, 1.165) is 15.6 Å². The molecule has 0 unspecified atom stereocenters. The van der Waals surface area contributed by atoms with E-state index in [9.17, 15) is 24.5 Å². The molecule has 12 nitrogen and oxygen atoms in total. The van der Waals surface area contributed by atoms with Crippen LogP contribution in [0.3, 0.4) is 0 Å². The van der Waals surface area contributed by atoms with Crippen molar-refractivity contribution >= 4 is 44.4 Å². The Hall–Kier alpha value is -4.26. The summed E-state index contributed by atoms with van der Waals surface area (Å²) in [6.45, 7) is 4.84. The van der Waals surface area contributed by atoms with E-state index in [1.54, 1.807) is 33.2 Å². The zero-order chi connectivity index (χ0) is 31.0. The Labute approximate surface area is 253 Å². The van der Waals surface area contributed by atoms with Crippen molar-refractivity contribution in [2.75, 3.05) is 18.5 Å². The predicted octanol–water partition coefficient (Wildman–Crippen LogP) is 5.50. The molecule has 2 N–H and O–H groups in total. The molecular formula is C30H36N4O8S. The van der Waals surface area contributed by atoms with Crippen LogP contribution < -0.4 is 10.6 Å². The molecule has 43 heavy (non-hydrogen) atoms. The van der Waals surface area contributed by atoms with Crippen LogP contribution in [0.5, 0.6) is 0 Å². The molecule has 2 aromatic heterocycles. The van der Waals surface area contributed by atoms with E-state index in [2.05, 4.69) is 15.6 Å². The van der Waals surface area contributed by atoms with E-state index >= 15 is 0 Å². The molecule has 1 aliphatic rings. The number of amides is 2. The van der Waals surface area contributed by atoms with Gasteiger partial charge in [0.25, 0.3) is 5.09 Å². The predicted molar refractivity (Wildman–Crippen MR) is 160 cm³/mol. The number of nitrogens with zero attached hydrogens (tertiary/aromatic N) is 2. The Kier molecular flexibility index (Phi) is 10.2. The second-order valence-electron chi connectivity index (χ2n) is 11.7. The SMILES string of the molecule is CC(C)(C)OC(=O)NC[C@@H](C(=O)Nc1cc2ccncc2s1)C1CCC(CO[N+](=O)[O-])(C(=O)OCc2ccccc2)CC1. The first-order chi connectivity index (χ1) is 20.4. The van der Waals surface area contributed by atoms with Gasteiger partial charge >= 0.3 is 12.1 Å². The number of carbonyl (C=O) groups is 3. The number of aromatic nitrogens is 1. The molecule has 230 valence electrons. The lowest BCUT2D eigenvalue weighted by Gasteiger charge is -2.39. The van der Waals surface area contributed by atoms with Crippen molar-refractivity contribution in [1.29, 1.82) is 0 Å². The Balaban J connectivity index is 1.48. The van der Waals surface area contributed by atoms with Gasteiger partial charge in [-0.05, 0) is 75.5 Å². The van der Waals surface area contributed by atoms with Crippen LogP contribution in [-0.2, 0) is 30.5 Å². The Morgan fingerprint density at radius 1 is 1.16 bits per heavy atom. The smallest absolute Gasteiger partial charge is 0.407 e. The van der Waals surface area contributed by atoms with Gasteiger partial charge in [-0.3, -0.25) is 14.6 Å². The van der Waals surface area contributed by atoms with Gasteiger partial charge in [-0.15, -0.1) is 21.5 Å². The second-order valence-corrected chi connectivity index (χ2v) is 12.8. The molecule has 0 bridgehead atoms. The maximum atomic E-state index is 13.6. The number of pyridine rings is 1. The second kappa shape index (κ2) is 13.8. The number of nitrogens with one attached hydrogen (secondary N) is 2. The summed E-state index contributed by atoms with van der Waals surface area (Å²) in [6.07, 6.45) is 3.94. The van der Waals surface area contributed by atoms with Crippen molar-refractivity contribution in [2.24, 2.45) is 17.3 Å². The van der Waals surface area contributed by atoms with Gasteiger partial charge in [0.1, 0.15) is 18.8 Å². The van der Waals surface area contributed by atoms with Crippen LogP contribution in [0.4, 0.5) is 9.80 Å². The number of thiophene rings is 1. The van der Waals surface area contributed by atoms with Gasteiger partial charge in [-0.2, -0.15) is 0 Å². The van der Waals surface area contributed by atoms with Gasteiger partial charge in [0, 0.05) is 18.9 Å². The van der Waals surface area contributed by atoms with Crippen LogP contribution >= 0.6 is 11.3 Å². The van der Waals surface area contributed by atoms with E-state index in [0.29, 0.717) is 17.8 Å². The zero-order valence-electron chi connectivity index (χ0n) is 24.4. The summed E-state index contributed by atoms with van der Waals surface area (Å²) in [5.41, 5.74) is -1.16. The monoisotopic (exact) mass is 612 g/mol. The average molecular weight is 613 g/mol. The molecule has 2 heterocycles. The number of carbonyl (C=O) groups excluding carboxylic acids is 3. The minimum absolute atomic E-state index is 0.00865. The Morgan fingerprint density at radius 2 is 1.88 bits per heavy atom. The molecule has 13 heteroatoms. The van der Waals surface area contributed by atoms with Gasteiger partial charge in [0.05, 0.1) is 21.0 Å². The standard InChI is InChI=1S/C30H36N4O8S/c1-29(2,3)42-28(37)32-16-23(26(35)33-25-15-22-11-14-31-17-24(22)43-25)21-9-12-30(13-10-21,19-41-34(38)39)27(36)40-18-20-7-5-4-6-8-20/h4-8,11,14-15,17,21,23H,9-10,12-13,16,18-19H2,1-3H3,(H,32,37)(H,33,35)/t21?,23-,30?/m1/s1. The number of rotatable bonds is 11. The zero-order valence-corrected chi connectivity index (χ0v) is 25.2. The number of ether oxygens (including phenoxy) is 2. The van der Waals surface area contributed by atoms with Crippen molar-refractivity contribution in [1.82, 2.24) is 10.3 Å². The molecule has 4 rings (SSSR count). The Morgan fingerprint density at radius 3 is 2.53 bits per heavy atom. The van der Waals surface area contributed by atoms with Crippen LogP contribution in [0.2, 0.25) is 0 Å². The lowest BCUT2D eigenvalue weighted by molar-refractivity contribution is -0.760. The van der Waals surface area contributed by atoms with E-state index in [1.165, 1.54) is 11.3 Å². The van der Waals surface area contributed by atoms with Gasteiger partial charge in [0.15, 0.2) is 0 Å². The van der Waals surface area contributed by atoms with Crippen LogP contribution in [0, 0.1) is 27.4 Å². The highest BCUT2D eigenvalue weighted by atomic mass is 32.1. The van der Waals surface area contributed by atoms with Crippen molar-refractivity contribution in [3.05, 3.63) is 70.5 Å². The summed E-state index contributed by atoms with van der Waals surface area (Å²) in [7, 11) is 0. The number of benzene rings is 1. The minimum atomic E-state index is -1.24. The number of hydrogen-bond donors (Lipinski definition) is 2. The molecule has 2 amide bonds. The lowest BCUT2D eigenvalue weighted by atomic mass is 9.67. The highest BCUT2D eigenvalue weighted by Gasteiger charge is 2.46. The normalized spacial score (nSPS) is 19.2. The van der Waals surface area contributed by atoms with Gasteiger partial charge in [0.2, 0.25) is 5.91 Å². The summed E-state index contributed by atoms with van der Waals surface area (Å²) >= 11 is 1.39. The molecule has 1 saturated carbocycles.